The van der Waals surface area contributed by atoms with Gasteiger partial charge in [-0.15, -0.1) is 0 Å². The van der Waals surface area contributed by atoms with Crippen LogP contribution >= 0.6 is 0 Å². The van der Waals surface area contributed by atoms with Gasteiger partial charge in [-0.05, 0) is 49.1 Å². The van der Waals surface area contributed by atoms with Gasteiger partial charge in [-0.1, -0.05) is 12.5 Å². The maximum absolute atomic E-state index is 12.3. The van der Waals surface area contributed by atoms with Crippen LogP contribution < -0.4 is 10.1 Å². The third kappa shape index (κ3) is 4.72. The number of hydrogen-bond donors (Lipinski definition) is 1. The molecular formula is C18H25NO4S. The predicted octanol–water partition coefficient (Wildman–Crippen LogP) is 2.87. The van der Waals surface area contributed by atoms with E-state index >= 15 is 0 Å². The van der Waals surface area contributed by atoms with E-state index in [4.69, 9.17) is 4.74 Å². The summed E-state index contributed by atoms with van der Waals surface area (Å²) >= 11 is 0. The van der Waals surface area contributed by atoms with Gasteiger partial charge in [0, 0.05) is 24.4 Å². The Balaban J connectivity index is 1.49. The number of amides is 1. The fourth-order valence-electron chi connectivity index (χ4n) is 4.05. The lowest BCUT2D eigenvalue weighted by molar-refractivity contribution is -0.117. The Morgan fingerprint density at radius 2 is 2.12 bits per heavy atom. The van der Waals surface area contributed by atoms with Crippen LogP contribution in [-0.4, -0.2) is 32.9 Å². The second-order valence-electron chi connectivity index (χ2n) is 7.19. The van der Waals surface area contributed by atoms with E-state index < -0.39 is 9.84 Å². The minimum atomic E-state index is -3.04. The van der Waals surface area contributed by atoms with Crippen molar-refractivity contribution in [2.24, 2.45) is 17.8 Å². The number of nitrogens with one attached hydrogen (secondary N) is 1. The fourth-order valence-corrected chi connectivity index (χ4v) is 4.44. The molecule has 0 heterocycles. The van der Waals surface area contributed by atoms with Crippen molar-refractivity contribution in [3.05, 3.63) is 24.3 Å². The highest BCUT2D eigenvalue weighted by atomic mass is 32.2. The number of carbonyl (C=O) groups excluding carboxylic acids is 1. The summed E-state index contributed by atoms with van der Waals surface area (Å²) < 4.78 is 27.7. The Hall–Kier alpha value is -1.56. The van der Waals surface area contributed by atoms with Gasteiger partial charge in [-0.25, -0.2) is 8.42 Å². The van der Waals surface area contributed by atoms with Crippen molar-refractivity contribution in [2.45, 2.75) is 32.1 Å². The van der Waals surface area contributed by atoms with Crippen LogP contribution in [0.4, 0.5) is 5.69 Å². The number of fused-ring (bicyclic) bond motifs is 2. The van der Waals surface area contributed by atoms with E-state index in [0.29, 0.717) is 23.8 Å². The molecule has 0 aliphatic heterocycles. The van der Waals surface area contributed by atoms with Gasteiger partial charge >= 0.3 is 0 Å². The van der Waals surface area contributed by atoms with Crippen molar-refractivity contribution in [2.75, 3.05) is 23.9 Å². The Kier molecular flexibility index (Phi) is 5.13. The summed E-state index contributed by atoms with van der Waals surface area (Å²) in [5, 5.41) is 2.94. The van der Waals surface area contributed by atoms with Crippen molar-refractivity contribution in [1.29, 1.82) is 0 Å². The van der Waals surface area contributed by atoms with Crippen LogP contribution in [0, 0.1) is 17.8 Å². The molecule has 1 aromatic carbocycles. The lowest BCUT2D eigenvalue weighted by Crippen LogP contribution is -2.20. The number of rotatable bonds is 7. The standard InChI is InChI=1S/C18H25NO4S/c1-24(21,22)8-7-23-17-4-2-3-16(12-17)19-18(20)11-15-10-13-5-6-14(15)9-13/h2-4,12-15H,5-11H2,1H3,(H,19,20). The van der Waals surface area contributed by atoms with E-state index in [2.05, 4.69) is 5.32 Å². The van der Waals surface area contributed by atoms with Crippen molar-refractivity contribution >= 4 is 21.4 Å². The van der Waals surface area contributed by atoms with Gasteiger partial charge in [-0.2, -0.15) is 0 Å². The highest BCUT2D eigenvalue weighted by Gasteiger charge is 2.40. The van der Waals surface area contributed by atoms with Crippen LogP contribution in [0.1, 0.15) is 32.1 Å². The largest absolute Gasteiger partial charge is 0.492 e. The highest BCUT2D eigenvalue weighted by Crippen LogP contribution is 2.49. The third-order valence-electron chi connectivity index (χ3n) is 5.17. The minimum Gasteiger partial charge on any atom is -0.492 e. The van der Waals surface area contributed by atoms with Crippen molar-refractivity contribution in [3.63, 3.8) is 0 Å². The molecule has 2 aliphatic rings. The molecule has 3 rings (SSSR count). The lowest BCUT2D eigenvalue weighted by Gasteiger charge is -2.21. The summed E-state index contributed by atoms with van der Waals surface area (Å²) in [4.78, 5) is 12.3. The second-order valence-corrected chi connectivity index (χ2v) is 9.45. The van der Waals surface area contributed by atoms with Gasteiger partial charge in [-0.3, -0.25) is 4.79 Å². The molecule has 2 aliphatic carbocycles. The zero-order valence-corrected chi connectivity index (χ0v) is 14.8. The Morgan fingerprint density at radius 1 is 1.29 bits per heavy atom. The average Bonchev–Trinajstić information content (AvgIpc) is 3.08. The zero-order chi connectivity index (χ0) is 17.2. The van der Waals surface area contributed by atoms with Crippen molar-refractivity contribution in [1.82, 2.24) is 0 Å². The van der Waals surface area contributed by atoms with Gasteiger partial charge in [0.2, 0.25) is 5.91 Å². The molecule has 6 heteroatoms. The minimum absolute atomic E-state index is 0.0200. The van der Waals surface area contributed by atoms with Crippen molar-refractivity contribution in [3.8, 4) is 5.75 Å². The Labute approximate surface area is 143 Å². The first-order valence-corrected chi connectivity index (χ1v) is 10.7. The predicted molar refractivity (Wildman–Crippen MR) is 93.8 cm³/mol. The number of hydrogen-bond acceptors (Lipinski definition) is 4. The number of anilines is 1. The first-order chi connectivity index (χ1) is 11.4. The first-order valence-electron chi connectivity index (χ1n) is 8.59. The van der Waals surface area contributed by atoms with Crippen LogP contribution in [0.2, 0.25) is 0 Å². The molecule has 5 nitrogen and oxygen atoms in total. The summed E-state index contributed by atoms with van der Waals surface area (Å²) in [5.41, 5.74) is 0.694. The normalized spacial score (nSPS) is 25.6. The van der Waals surface area contributed by atoms with Gasteiger partial charge in [0.15, 0.2) is 9.84 Å². The molecule has 132 valence electrons. The summed E-state index contributed by atoms with van der Waals surface area (Å²) in [6.45, 7) is 0.112. The number of benzene rings is 1. The topological polar surface area (TPSA) is 72.5 Å². The van der Waals surface area contributed by atoms with Crippen LogP contribution in [0.25, 0.3) is 0 Å². The molecule has 1 aromatic rings. The number of carbonyl (C=O) groups is 1. The van der Waals surface area contributed by atoms with Gasteiger partial charge < -0.3 is 10.1 Å². The molecule has 1 N–H and O–H groups in total. The van der Waals surface area contributed by atoms with Gasteiger partial charge in [0.1, 0.15) is 12.4 Å². The Morgan fingerprint density at radius 3 is 2.79 bits per heavy atom. The third-order valence-corrected chi connectivity index (χ3v) is 6.08. The smallest absolute Gasteiger partial charge is 0.224 e. The number of ether oxygens (including phenoxy) is 1. The van der Waals surface area contributed by atoms with Crippen LogP contribution in [-0.2, 0) is 14.6 Å². The Bertz CT molecular complexity index is 701. The molecule has 0 aromatic heterocycles. The molecule has 0 spiro atoms. The molecule has 0 saturated heterocycles. The van der Waals surface area contributed by atoms with Crippen LogP contribution in [0.15, 0.2) is 24.3 Å². The summed E-state index contributed by atoms with van der Waals surface area (Å²) in [7, 11) is -3.04. The molecule has 1 amide bonds. The van der Waals surface area contributed by atoms with Crippen molar-refractivity contribution < 1.29 is 17.9 Å². The molecule has 3 atom stereocenters. The SMILES string of the molecule is CS(=O)(=O)CCOc1cccc(NC(=O)CC2CC3CCC2C3)c1. The lowest BCUT2D eigenvalue weighted by atomic mass is 9.86. The average molecular weight is 351 g/mol. The highest BCUT2D eigenvalue weighted by molar-refractivity contribution is 7.90. The van der Waals surface area contributed by atoms with E-state index in [1.54, 1.807) is 18.2 Å². The number of sulfone groups is 1. The van der Waals surface area contributed by atoms with Gasteiger partial charge in [0.25, 0.3) is 0 Å². The van der Waals surface area contributed by atoms with E-state index in [1.165, 1.54) is 31.9 Å². The quantitative estimate of drug-likeness (QED) is 0.820. The van der Waals surface area contributed by atoms with Crippen LogP contribution in [0.3, 0.4) is 0 Å². The summed E-state index contributed by atoms with van der Waals surface area (Å²) in [6, 6.07) is 7.11. The maximum atomic E-state index is 12.3. The van der Waals surface area contributed by atoms with E-state index in [9.17, 15) is 13.2 Å². The van der Waals surface area contributed by atoms with E-state index in [1.807, 2.05) is 6.07 Å². The van der Waals surface area contributed by atoms with Gasteiger partial charge in [0.05, 0.1) is 5.75 Å². The fraction of sp³-hybridized carbons (Fsp3) is 0.611. The molecule has 2 saturated carbocycles. The van der Waals surface area contributed by atoms with E-state index in [0.717, 1.165) is 11.8 Å². The molecule has 0 radical (unpaired) electrons. The maximum Gasteiger partial charge on any atom is 0.224 e. The molecule has 24 heavy (non-hydrogen) atoms. The molecule has 3 unspecified atom stereocenters. The molecular weight excluding hydrogens is 326 g/mol. The molecule has 2 bridgehead atoms. The second kappa shape index (κ2) is 7.13. The van der Waals surface area contributed by atoms with Crippen LogP contribution in [0.5, 0.6) is 5.75 Å². The molecule has 2 fully saturated rings. The summed E-state index contributed by atoms with van der Waals surface area (Å²) in [5.74, 6) is 2.73. The first kappa shape index (κ1) is 17.3. The monoisotopic (exact) mass is 351 g/mol. The zero-order valence-electron chi connectivity index (χ0n) is 14.0. The summed E-state index contributed by atoms with van der Waals surface area (Å²) in [6.07, 6.45) is 6.92. The van der Waals surface area contributed by atoms with E-state index in [-0.39, 0.29) is 18.3 Å².